The van der Waals surface area contributed by atoms with Crippen molar-refractivity contribution in [2.24, 2.45) is 0 Å². The van der Waals surface area contributed by atoms with Crippen LogP contribution < -0.4 is 10.1 Å². The molecule has 1 fully saturated rings. The topological polar surface area (TPSA) is 84.7 Å². The van der Waals surface area contributed by atoms with Crippen molar-refractivity contribution >= 4 is 11.7 Å². The number of carbonyl (C=O) groups excluding carboxylic acids is 1. The smallest absolute Gasteiger partial charge is 0.317 e. The second-order valence-corrected chi connectivity index (χ2v) is 6.65. The lowest BCUT2D eigenvalue weighted by atomic mass is 10.1. The van der Waals surface area contributed by atoms with Gasteiger partial charge >= 0.3 is 12.0 Å². The van der Waals surface area contributed by atoms with Gasteiger partial charge in [-0.05, 0) is 24.6 Å². The maximum Gasteiger partial charge on any atom is 0.317 e. The van der Waals surface area contributed by atoms with Gasteiger partial charge in [-0.25, -0.2) is 19.7 Å². The van der Waals surface area contributed by atoms with Crippen molar-refractivity contribution in [1.29, 1.82) is 0 Å². The number of pyridine rings is 1. The number of nitrogens with zero attached hydrogens (tertiary/aromatic N) is 5. The number of aryl methyl sites for hydroxylation is 1. The van der Waals surface area contributed by atoms with Gasteiger partial charge < -0.3 is 19.4 Å². The molecule has 3 aromatic rings. The van der Waals surface area contributed by atoms with Crippen LogP contribution in [0.15, 0.2) is 43.0 Å². The van der Waals surface area contributed by atoms with Crippen molar-refractivity contribution < 1.29 is 9.53 Å². The summed E-state index contributed by atoms with van der Waals surface area (Å²) in [7, 11) is 0. The Balaban J connectivity index is 1.27. The molecule has 0 spiro atoms. The Kier molecular flexibility index (Phi) is 4.86. The zero-order valence-corrected chi connectivity index (χ0v) is 15.2. The molecule has 0 radical (unpaired) electrons. The number of likely N-dealkylation sites (tertiary alicyclic amines) is 1. The number of carbonyl (C=O) groups is 1. The van der Waals surface area contributed by atoms with Gasteiger partial charge in [0, 0.05) is 50.7 Å². The first-order chi connectivity index (χ1) is 13.2. The number of urea groups is 1. The normalized spacial score (nSPS) is 15.1. The first kappa shape index (κ1) is 17.3. The summed E-state index contributed by atoms with van der Waals surface area (Å²) >= 11 is 0. The summed E-state index contributed by atoms with van der Waals surface area (Å²) in [6.07, 6.45) is 8.79. The van der Waals surface area contributed by atoms with Crippen LogP contribution in [0.2, 0.25) is 0 Å². The number of imidazole rings is 1. The summed E-state index contributed by atoms with van der Waals surface area (Å²) in [4.78, 5) is 27.0. The maximum atomic E-state index is 12.4. The highest BCUT2D eigenvalue weighted by Gasteiger charge is 2.24. The van der Waals surface area contributed by atoms with E-state index >= 15 is 0 Å². The third kappa shape index (κ3) is 3.99. The molecule has 1 aliphatic heterocycles. The van der Waals surface area contributed by atoms with Crippen molar-refractivity contribution in [3.05, 3.63) is 54.2 Å². The maximum absolute atomic E-state index is 12.4. The standard InChI is InChI=1S/C19H22N6O2/c1-14-4-2-9-25-13-15(23-17(14)25)12-22-19(26)24-10-5-16(6-11-24)27-18-20-7-3-8-21-18/h2-4,7-9,13,16H,5-6,10-12H2,1H3,(H,22,26). The van der Waals surface area contributed by atoms with E-state index in [2.05, 4.69) is 20.3 Å². The summed E-state index contributed by atoms with van der Waals surface area (Å²) in [5, 5.41) is 2.96. The van der Waals surface area contributed by atoms with Gasteiger partial charge in [-0.2, -0.15) is 0 Å². The average molecular weight is 366 g/mol. The number of aromatic nitrogens is 4. The molecule has 8 heteroatoms. The Bertz CT molecular complexity index is 918. The van der Waals surface area contributed by atoms with E-state index in [9.17, 15) is 4.79 Å². The summed E-state index contributed by atoms with van der Waals surface area (Å²) in [6, 6.07) is 6.08. The Hall–Kier alpha value is -3.16. The number of fused-ring (bicyclic) bond motifs is 1. The Labute approximate surface area is 157 Å². The van der Waals surface area contributed by atoms with Crippen molar-refractivity contribution in [2.45, 2.75) is 32.4 Å². The Morgan fingerprint density at radius 2 is 2.04 bits per heavy atom. The fourth-order valence-electron chi connectivity index (χ4n) is 3.24. The van der Waals surface area contributed by atoms with E-state index in [0.29, 0.717) is 25.6 Å². The Morgan fingerprint density at radius 3 is 2.78 bits per heavy atom. The molecule has 1 saturated heterocycles. The molecule has 4 heterocycles. The lowest BCUT2D eigenvalue weighted by molar-refractivity contribution is 0.103. The summed E-state index contributed by atoms with van der Waals surface area (Å²) in [5.41, 5.74) is 2.87. The van der Waals surface area contributed by atoms with Crippen LogP contribution in [0.5, 0.6) is 6.01 Å². The lowest BCUT2D eigenvalue weighted by Gasteiger charge is -2.31. The van der Waals surface area contributed by atoms with Gasteiger partial charge in [-0.1, -0.05) is 6.07 Å². The van der Waals surface area contributed by atoms with Crippen LogP contribution in [0, 0.1) is 6.92 Å². The van der Waals surface area contributed by atoms with E-state index in [4.69, 9.17) is 4.74 Å². The van der Waals surface area contributed by atoms with Crippen molar-refractivity contribution in [3.8, 4) is 6.01 Å². The number of ether oxygens (including phenoxy) is 1. The number of nitrogens with one attached hydrogen (secondary N) is 1. The monoisotopic (exact) mass is 366 g/mol. The van der Waals surface area contributed by atoms with Crippen LogP contribution in [0.3, 0.4) is 0 Å². The first-order valence-electron chi connectivity index (χ1n) is 9.09. The van der Waals surface area contributed by atoms with Crippen LogP contribution in [0.1, 0.15) is 24.1 Å². The number of amides is 2. The molecule has 1 aliphatic rings. The molecule has 0 saturated carbocycles. The predicted octanol–water partition coefficient (Wildman–Crippen LogP) is 2.19. The zero-order valence-electron chi connectivity index (χ0n) is 15.2. The van der Waals surface area contributed by atoms with Crippen molar-refractivity contribution in [2.75, 3.05) is 13.1 Å². The second-order valence-electron chi connectivity index (χ2n) is 6.65. The Morgan fingerprint density at radius 1 is 1.26 bits per heavy atom. The predicted molar refractivity (Wildman–Crippen MR) is 99.4 cm³/mol. The number of hydrogen-bond acceptors (Lipinski definition) is 5. The molecule has 0 unspecified atom stereocenters. The van der Waals surface area contributed by atoms with Crippen molar-refractivity contribution in [1.82, 2.24) is 29.6 Å². The van der Waals surface area contributed by atoms with Gasteiger partial charge in [0.15, 0.2) is 0 Å². The van der Waals surface area contributed by atoms with Crippen LogP contribution in [0.4, 0.5) is 4.79 Å². The lowest BCUT2D eigenvalue weighted by Crippen LogP contribution is -2.46. The molecule has 8 nitrogen and oxygen atoms in total. The van der Waals surface area contributed by atoms with E-state index in [-0.39, 0.29) is 12.1 Å². The molecule has 4 rings (SSSR count). The molecular weight excluding hydrogens is 344 g/mol. The van der Waals surface area contributed by atoms with E-state index in [1.165, 1.54) is 0 Å². The van der Waals surface area contributed by atoms with Crippen LogP contribution in [0.25, 0.3) is 5.65 Å². The largest absolute Gasteiger partial charge is 0.460 e. The van der Waals surface area contributed by atoms with Gasteiger partial charge in [0.25, 0.3) is 0 Å². The molecule has 0 atom stereocenters. The van der Waals surface area contributed by atoms with Gasteiger partial charge in [0.2, 0.25) is 0 Å². The molecule has 140 valence electrons. The minimum absolute atomic E-state index is 0.0397. The number of piperidine rings is 1. The third-order valence-electron chi connectivity index (χ3n) is 4.69. The third-order valence-corrected chi connectivity index (χ3v) is 4.69. The zero-order chi connectivity index (χ0) is 18.6. The SMILES string of the molecule is Cc1cccn2cc(CNC(=O)N3CCC(Oc4ncccn4)CC3)nc12. The van der Waals surface area contributed by atoms with E-state index < -0.39 is 0 Å². The number of hydrogen-bond donors (Lipinski definition) is 1. The van der Waals surface area contributed by atoms with Crippen LogP contribution >= 0.6 is 0 Å². The van der Waals surface area contributed by atoms with Gasteiger partial charge in [0.1, 0.15) is 11.8 Å². The minimum Gasteiger partial charge on any atom is -0.460 e. The quantitative estimate of drug-likeness (QED) is 0.765. The highest BCUT2D eigenvalue weighted by atomic mass is 16.5. The van der Waals surface area contributed by atoms with Gasteiger partial charge in [0.05, 0.1) is 12.2 Å². The molecule has 3 aromatic heterocycles. The van der Waals surface area contributed by atoms with E-state index in [1.807, 2.05) is 40.8 Å². The minimum atomic E-state index is -0.0711. The van der Waals surface area contributed by atoms with E-state index in [1.54, 1.807) is 18.5 Å². The highest BCUT2D eigenvalue weighted by Crippen LogP contribution is 2.16. The molecule has 0 aromatic carbocycles. The summed E-state index contributed by atoms with van der Waals surface area (Å²) in [5.74, 6) is 0. The fraction of sp³-hybridized carbons (Fsp3) is 0.368. The van der Waals surface area contributed by atoms with Gasteiger partial charge in [-0.15, -0.1) is 0 Å². The first-order valence-corrected chi connectivity index (χ1v) is 9.09. The van der Waals surface area contributed by atoms with Crippen LogP contribution in [-0.4, -0.2) is 49.5 Å². The van der Waals surface area contributed by atoms with Crippen LogP contribution in [-0.2, 0) is 6.54 Å². The summed E-state index contributed by atoms with van der Waals surface area (Å²) < 4.78 is 7.74. The molecule has 27 heavy (non-hydrogen) atoms. The summed E-state index contributed by atoms with van der Waals surface area (Å²) in [6.45, 7) is 3.73. The molecule has 0 aliphatic carbocycles. The fourth-order valence-corrected chi connectivity index (χ4v) is 3.24. The van der Waals surface area contributed by atoms with E-state index in [0.717, 1.165) is 29.7 Å². The molecular formula is C19H22N6O2. The highest BCUT2D eigenvalue weighted by molar-refractivity contribution is 5.74. The average Bonchev–Trinajstić information content (AvgIpc) is 3.12. The molecule has 1 N–H and O–H groups in total. The molecule has 0 bridgehead atoms. The van der Waals surface area contributed by atoms with Gasteiger partial charge in [-0.3, -0.25) is 0 Å². The molecule has 2 amide bonds. The second kappa shape index (κ2) is 7.61. The number of rotatable bonds is 4. The van der Waals surface area contributed by atoms with Crippen molar-refractivity contribution in [3.63, 3.8) is 0 Å².